The molecule has 3 aromatic rings. The first-order valence-corrected chi connectivity index (χ1v) is 12.6. The maximum Gasteiger partial charge on any atom is 0.253 e. The molecular weight excluding hydrogens is 450 g/mol. The lowest BCUT2D eigenvalue weighted by Crippen LogP contribution is -2.54. The first-order valence-electron chi connectivity index (χ1n) is 12.6. The second kappa shape index (κ2) is 10.4. The van der Waals surface area contributed by atoms with Crippen LogP contribution in [0.1, 0.15) is 48.5 Å². The number of amides is 2. The average Bonchev–Trinajstić information content (AvgIpc) is 3.49. The van der Waals surface area contributed by atoms with Crippen molar-refractivity contribution >= 4 is 11.8 Å². The molecule has 0 bridgehead atoms. The number of rotatable bonds is 6. The molecule has 184 valence electrons. The molecule has 1 aliphatic heterocycles. The minimum Gasteiger partial charge on any atom is -0.444 e. The molecule has 1 aromatic heterocycles. The van der Waals surface area contributed by atoms with Gasteiger partial charge in [-0.3, -0.25) is 9.59 Å². The lowest BCUT2D eigenvalue weighted by Gasteiger charge is -2.41. The molecule has 0 saturated carbocycles. The van der Waals surface area contributed by atoms with E-state index in [1.165, 1.54) is 12.0 Å². The van der Waals surface area contributed by atoms with Crippen molar-refractivity contribution in [3.05, 3.63) is 102 Å². The molecule has 6 heteroatoms. The van der Waals surface area contributed by atoms with Crippen LogP contribution in [-0.4, -0.2) is 40.8 Å². The van der Waals surface area contributed by atoms with Crippen molar-refractivity contribution in [1.29, 1.82) is 0 Å². The fraction of sp³-hybridized carbons (Fsp3) is 0.300. The van der Waals surface area contributed by atoms with Crippen molar-refractivity contribution in [3.8, 4) is 11.3 Å². The molecule has 1 atom stereocenters. The highest BCUT2D eigenvalue weighted by atomic mass is 16.3. The van der Waals surface area contributed by atoms with Gasteiger partial charge in [0.25, 0.3) is 5.91 Å². The smallest absolute Gasteiger partial charge is 0.253 e. The summed E-state index contributed by atoms with van der Waals surface area (Å²) in [6, 6.07) is 17.4. The summed E-state index contributed by atoms with van der Waals surface area (Å²) < 4.78 is 5.34. The van der Waals surface area contributed by atoms with Crippen LogP contribution in [0.25, 0.3) is 11.3 Å². The zero-order valence-electron chi connectivity index (χ0n) is 20.5. The number of hydrogen-bond donors (Lipinski definition) is 1. The highest BCUT2D eigenvalue weighted by Crippen LogP contribution is 2.37. The lowest BCUT2D eigenvalue weighted by atomic mass is 9.71. The normalized spacial score (nSPS) is 17.8. The molecule has 5 rings (SSSR count). The van der Waals surface area contributed by atoms with Gasteiger partial charge in [0.15, 0.2) is 12.2 Å². The molecule has 2 aliphatic rings. The van der Waals surface area contributed by atoms with Crippen molar-refractivity contribution in [2.45, 2.75) is 44.1 Å². The summed E-state index contributed by atoms with van der Waals surface area (Å²) in [5.74, 6) is 0.689. The van der Waals surface area contributed by atoms with Crippen LogP contribution in [0, 0.1) is 0 Å². The number of aromatic nitrogens is 1. The van der Waals surface area contributed by atoms with Crippen LogP contribution >= 0.6 is 0 Å². The molecular formula is C30H31N3O3. The number of carbonyl (C=O) groups excluding carboxylic acids is 2. The van der Waals surface area contributed by atoms with Crippen LogP contribution in [0.2, 0.25) is 0 Å². The molecule has 1 N–H and O–H groups in total. The summed E-state index contributed by atoms with van der Waals surface area (Å²) in [6.45, 7) is 3.10. The van der Waals surface area contributed by atoms with Crippen molar-refractivity contribution in [3.63, 3.8) is 0 Å². The summed E-state index contributed by atoms with van der Waals surface area (Å²) in [5.41, 5.74) is 3.10. The predicted molar refractivity (Wildman–Crippen MR) is 139 cm³/mol. The first-order chi connectivity index (χ1) is 17.6. The van der Waals surface area contributed by atoms with Gasteiger partial charge in [-0.2, -0.15) is 0 Å². The average molecular weight is 482 g/mol. The number of piperidine rings is 1. The zero-order valence-corrected chi connectivity index (χ0v) is 20.5. The lowest BCUT2D eigenvalue weighted by molar-refractivity contribution is -0.129. The van der Waals surface area contributed by atoms with E-state index < -0.39 is 5.41 Å². The van der Waals surface area contributed by atoms with Gasteiger partial charge in [0.1, 0.15) is 0 Å². The molecule has 2 aromatic carbocycles. The number of hydrogen-bond acceptors (Lipinski definition) is 4. The van der Waals surface area contributed by atoms with Gasteiger partial charge < -0.3 is 14.6 Å². The number of carbonyl (C=O) groups is 2. The Hall–Kier alpha value is -3.93. The van der Waals surface area contributed by atoms with Crippen LogP contribution in [0.15, 0.2) is 95.4 Å². The van der Waals surface area contributed by atoms with Crippen LogP contribution < -0.4 is 5.32 Å². The molecule has 1 fully saturated rings. The SMILES string of the molecule is C[C@H](NC(=O)C1(c2ccccc2)CCN(C(=O)c2ccc(-c3cnco3)cc2)CC1)C1=CC=CCC1. The van der Waals surface area contributed by atoms with Crippen LogP contribution in [0.4, 0.5) is 0 Å². The van der Waals surface area contributed by atoms with Gasteiger partial charge in [-0.05, 0) is 55.9 Å². The molecule has 2 heterocycles. The Bertz CT molecular complexity index is 1250. The standard InChI is InChI=1S/C30H31N3O3/c1-22(23-8-4-2-5-9-23)32-29(35)30(26-10-6-3-7-11-26)16-18-33(19-17-30)28(34)25-14-12-24(13-15-25)27-20-31-21-36-27/h2-4,6-8,10-15,20-22H,5,9,16-19H2,1H3,(H,32,35)/t22-/m0/s1. The topological polar surface area (TPSA) is 75.4 Å². The Balaban J connectivity index is 1.31. The monoisotopic (exact) mass is 481 g/mol. The predicted octanol–water partition coefficient (Wildman–Crippen LogP) is 5.30. The van der Waals surface area contributed by atoms with E-state index in [9.17, 15) is 9.59 Å². The number of nitrogens with one attached hydrogen (secondary N) is 1. The molecule has 0 radical (unpaired) electrons. The maximum absolute atomic E-state index is 13.8. The van der Waals surface area contributed by atoms with E-state index in [0.717, 1.165) is 24.0 Å². The molecule has 36 heavy (non-hydrogen) atoms. The zero-order chi connectivity index (χ0) is 25.0. The molecule has 1 saturated heterocycles. The van der Waals surface area contributed by atoms with Gasteiger partial charge in [0, 0.05) is 30.3 Å². The third-order valence-electron chi connectivity index (χ3n) is 7.46. The van der Waals surface area contributed by atoms with E-state index in [0.29, 0.717) is 37.3 Å². The molecule has 6 nitrogen and oxygen atoms in total. The van der Waals surface area contributed by atoms with E-state index in [2.05, 4.69) is 35.5 Å². The Kier molecular flexibility index (Phi) is 6.85. The van der Waals surface area contributed by atoms with Crippen molar-refractivity contribution in [2.75, 3.05) is 13.1 Å². The Labute approximate surface area is 211 Å². The van der Waals surface area contributed by atoms with E-state index in [1.807, 2.05) is 59.5 Å². The molecule has 1 aliphatic carbocycles. The fourth-order valence-corrected chi connectivity index (χ4v) is 5.22. The molecule has 0 spiro atoms. The first kappa shape index (κ1) is 23.8. The second-order valence-electron chi connectivity index (χ2n) is 9.59. The minimum absolute atomic E-state index is 0.0197. The van der Waals surface area contributed by atoms with Crippen molar-refractivity contribution in [1.82, 2.24) is 15.2 Å². The highest BCUT2D eigenvalue weighted by molar-refractivity contribution is 5.95. The van der Waals surface area contributed by atoms with Gasteiger partial charge in [0.05, 0.1) is 11.6 Å². The van der Waals surface area contributed by atoms with E-state index in [1.54, 1.807) is 6.20 Å². The van der Waals surface area contributed by atoms with Crippen molar-refractivity contribution in [2.24, 2.45) is 0 Å². The van der Waals surface area contributed by atoms with E-state index >= 15 is 0 Å². The summed E-state index contributed by atoms with van der Waals surface area (Å²) in [5, 5.41) is 3.30. The number of nitrogens with zero attached hydrogens (tertiary/aromatic N) is 2. The number of likely N-dealkylation sites (tertiary alicyclic amines) is 1. The summed E-state index contributed by atoms with van der Waals surface area (Å²) in [7, 11) is 0. The summed E-state index contributed by atoms with van der Waals surface area (Å²) in [6.07, 6.45) is 12.5. The van der Waals surface area contributed by atoms with Gasteiger partial charge >= 0.3 is 0 Å². The summed E-state index contributed by atoms with van der Waals surface area (Å²) >= 11 is 0. The summed E-state index contributed by atoms with van der Waals surface area (Å²) in [4.78, 5) is 32.9. The minimum atomic E-state index is -0.659. The fourth-order valence-electron chi connectivity index (χ4n) is 5.22. The highest BCUT2D eigenvalue weighted by Gasteiger charge is 2.44. The third kappa shape index (κ3) is 4.76. The molecule has 2 amide bonds. The number of oxazole rings is 1. The van der Waals surface area contributed by atoms with Crippen LogP contribution in [-0.2, 0) is 10.2 Å². The van der Waals surface area contributed by atoms with Crippen LogP contribution in [0.5, 0.6) is 0 Å². The third-order valence-corrected chi connectivity index (χ3v) is 7.46. The van der Waals surface area contributed by atoms with E-state index in [-0.39, 0.29) is 17.9 Å². The maximum atomic E-state index is 13.8. The van der Waals surface area contributed by atoms with Gasteiger partial charge in [-0.25, -0.2) is 4.98 Å². The van der Waals surface area contributed by atoms with Gasteiger partial charge in [0.2, 0.25) is 5.91 Å². The largest absolute Gasteiger partial charge is 0.444 e. The van der Waals surface area contributed by atoms with Crippen molar-refractivity contribution < 1.29 is 14.0 Å². The Morgan fingerprint density at radius 3 is 2.44 bits per heavy atom. The van der Waals surface area contributed by atoms with Gasteiger partial charge in [-0.1, -0.05) is 60.7 Å². The van der Waals surface area contributed by atoms with Gasteiger partial charge in [-0.15, -0.1) is 0 Å². The quantitative estimate of drug-likeness (QED) is 0.519. The molecule has 0 unspecified atom stereocenters. The Morgan fingerprint density at radius 1 is 1.06 bits per heavy atom. The van der Waals surface area contributed by atoms with Crippen LogP contribution in [0.3, 0.4) is 0 Å². The number of benzene rings is 2. The Morgan fingerprint density at radius 2 is 1.81 bits per heavy atom. The second-order valence-corrected chi connectivity index (χ2v) is 9.59. The number of allylic oxidation sites excluding steroid dienone is 3. The van der Waals surface area contributed by atoms with E-state index in [4.69, 9.17) is 4.42 Å².